The summed E-state index contributed by atoms with van der Waals surface area (Å²) in [5, 5.41) is 24.2. The highest BCUT2D eigenvalue weighted by molar-refractivity contribution is 5.85. The Morgan fingerprint density at radius 2 is 1.76 bits per heavy atom. The van der Waals surface area contributed by atoms with Gasteiger partial charge in [-0.2, -0.15) is 5.10 Å². The first-order valence-corrected chi connectivity index (χ1v) is 13.2. The Bertz CT molecular complexity index is 1250. The molecule has 5 rings (SSSR count). The minimum Gasteiger partial charge on any atom is -0.496 e. The number of nitrogens with one attached hydrogen (secondary N) is 3. The van der Waals surface area contributed by atoms with Crippen molar-refractivity contribution in [1.29, 1.82) is 0 Å². The number of fused-ring (bicyclic) bond motifs is 1. The topological polar surface area (TPSA) is 104 Å². The van der Waals surface area contributed by atoms with Crippen molar-refractivity contribution < 1.29 is 4.74 Å². The molecule has 0 saturated carbocycles. The van der Waals surface area contributed by atoms with Crippen LogP contribution in [0, 0.1) is 6.92 Å². The summed E-state index contributed by atoms with van der Waals surface area (Å²) in [7, 11) is 1.68. The van der Waals surface area contributed by atoms with Gasteiger partial charge in [0.1, 0.15) is 5.75 Å². The van der Waals surface area contributed by atoms with Crippen molar-refractivity contribution in [2.75, 3.05) is 43.5 Å². The number of para-hydroxylation sites is 1. The predicted octanol–water partition coefficient (Wildman–Crippen LogP) is 5.20. The Morgan fingerprint density at radius 3 is 2.49 bits per heavy atom. The van der Waals surface area contributed by atoms with E-state index in [1.165, 1.54) is 6.42 Å². The Morgan fingerprint density at radius 1 is 1.03 bits per heavy atom. The van der Waals surface area contributed by atoms with Crippen LogP contribution in [0.2, 0.25) is 0 Å². The smallest absolute Gasteiger partial charge is 0.192 e. The van der Waals surface area contributed by atoms with Crippen LogP contribution in [-0.4, -0.2) is 58.7 Å². The molecule has 0 radical (unpaired) electrons. The second-order valence-electron chi connectivity index (χ2n) is 8.50. The van der Waals surface area contributed by atoms with Gasteiger partial charge in [0.2, 0.25) is 0 Å². The zero-order valence-electron chi connectivity index (χ0n) is 22.9. The number of H-pyrrole nitrogens is 1. The van der Waals surface area contributed by atoms with Gasteiger partial charge in [0, 0.05) is 54.9 Å². The van der Waals surface area contributed by atoms with Gasteiger partial charge in [-0.1, -0.05) is 52.3 Å². The number of anilines is 2. The molecule has 3 heterocycles. The quantitative estimate of drug-likeness (QED) is 0.329. The summed E-state index contributed by atoms with van der Waals surface area (Å²) in [6.07, 6.45) is 1.25. The van der Waals surface area contributed by atoms with Crippen molar-refractivity contribution in [2.45, 2.75) is 47.6 Å². The van der Waals surface area contributed by atoms with Crippen LogP contribution >= 0.6 is 0 Å². The van der Waals surface area contributed by atoms with E-state index < -0.39 is 0 Å². The lowest BCUT2D eigenvalue weighted by molar-refractivity contribution is 0.410. The van der Waals surface area contributed by atoms with E-state index in [0.717, 1.165) is 65.5 Å². The minimum absolute atomic E-state index is 0.568. The third kappa shape index (κ3) is 6.95. The van der Waals surface area contributed by atoms with Gasteiger partial charge in [-0.3, -0.25) is 5.10 Å². The molecule has 0 aliphatic carbocycles. The molecule has 4 aromatic rings. The van der Waals surface area contributed by atoms with Crippen LogP contribution in [0.4, 0.5) is 11.6 Å². The molecule has 9 heteroatoms. The molecule has 37 heavy (non-hydrogen) atoms. The van der Waals surface area contributed by atoms with Crippen LogP contribution in [0.3, 0.4) is 0 Å². The fourth-order valence-electron chi connectivity index (χ4n) is 3.96. The summed E-state index contributed by atoms with van der Waals surface area (Å²) in [4.78, 5) is 7.19. The van der Waals surface area contributed by atoms with Gasteiger partial charge in [-0.05, 0) is 31.2 Å². The summed E-state index contributed by atoms with van der Waals surface area (Å²) in [6.45, 7) is 14.4. The van der Waals surface area contributed by atoms with Crippen LogP contribution in [0.1, 0.15) is 45.4 Å². The molecular formula is C28H40N8O. The van der Waals surface area contributed by atoms with Gasteiger partial charge in [-0.15, -0.1) is 10.2 Å². The van der Waals surface area contributed by atoms with E-state index >= 15 is 0 Å². The minimum atomic E-state index is 0.568. The molecule has 1 fully saturated rings. The number of hydrogen-bond acceptors (Lipinski definition) is 8. The molecule has 0 spiro atoms. The van der Waals surface area contributed by atoms with Gasteiger partial charge in [0.15, 0.2) is 17.5 Å². The third-order valence-corrected chi connectivity index (χ3v) is 5.73. The molecule has 3 N–H and O–H groups in total. The van der Waals surface area contributed by atoms with Crippen LogP contribution in [-0.2, 0) is 6.54 Å². The average molecular weight is 505 g/mol. The van der Waals surface area contributed by atoms with Gasteiger partial charge >= 0.3 is 0 Å². The van der Waals surface area contributed by atoms with Crippen LogP contribution in [0.25, 0.3) is 22.3 Å². The number of aryl methyl sites for hydroxylation is 1. The molecule has 1 aliphatic heterocycles. The van der Waals surface area contributed by atoms with E-state index in [4.69, 9.17) is 9.72 Å². The first-order chi connectivity index (χ1) is 18.1. The summed E-state index contributed by atoms with van der Waals surface area (Å²) < 4.78 is 5.48. The molecule has 1 aliphatic rings. The van der Waals surface area contributed by atoms with Crippen LogP contribution in [0.15, 0.2) is 42.5 Å². The van der Waals surface area contributed by atoms with Crippen molar-refractivity contribution in [1.82, 2.24) is 30.7 Å². The van der Waals surface area contributed by atoms with Crippen molar-refractivity contribution in [3.05, 3.63) is 53.7 Å². The SMILES string of the molecule is CC.CCC.COc1ccccc1CNc1nnc(-c2ccc3n[nH]c(C)c3c2)nc1N1CCNCC1. The van der Waals surface area contributed by atoms with Crippen molar-refractivity contribution in [3.63, 3.8) is 0 Å². The molecule has 0 unspecified atom stereocenters. The van der Waals surface area contributed by atoms with Crippen molar-refractivity contribution >= 4 is 22.5 Å². The fourth-order valence-corrected chi connectivity index (χ4v) is 3.96. The summed E-state index contributed by atoms with van der Waals surface area (Å²) in [5.74, 6) is 2.92. The lowest BCUT2D eigenvalue weighted by Crippen LogP contribution is -2.44. The average Bonchev–Trinajstić information content (AvgIpc) is 3.33. The lowest BCUT2D eigenvalue weighted by Gasteiger charge is -2.29. The monoisotopic (exact) mass is 504 g/mol. The normalized spacial score (nSPS) is 12.8. The highest BCUT2D eigenvalue weighted by Crippen LogP contribution is 2.28. The molecule has 0 amide bonds. The Labute approximate surface area is 220 Å². The summed E-state index contributed by atoms with van der Waals surface area (Å²) in [5.41, 5.74) is 3.92. The second kappa shape index (κ2) is 14.1. The molecule has 198 valence electrons. The number of aromatic nitrogens is 5. The zero-order chi connectivity index (χ0) is 26.6. The maximum atomic E-state index is 5.48. The Balaban J connectivity index is 0.000000711. The molecular weight excluding hydrogens is 464 g/mol. The standard InChI is InChI=1S/C23H26N8O.C3H8.C2H6/c1-15-18-13-16(7-8-19(18)28-27-15)21-26-23(31-11-9-24-10-12-31)22(30-29-21)25-14-17-5-3-4-6-20(17)32-2;1-3-2;1-2/h3-8,13,24H,9-12,14H2,1-2H3,(H,25,30)(H,27,28);3H2,1-2H3;1-2H3. The third-order valence-electron chi connectivity index (χ3n) is 5.73. The predicted molar refractivity (Wildman–Crippen MR) is 152 cm³/mol. The number of aromatic amines is 1. The number of methoxy groups -OCH3 is 1. The van der Waals surface area contributed by atoms with Crippen LogP contribution < -0.4 is 20.3 Å². The first-order valence-electron chi connectivity index (χ1n) is 13.2. The molecule has 1 saturated heterocycles. The number of benzene rings is 2. The van der Waals surface area contributed by atoms with Crippen LogP contribution in [0.5, 0.6) is 5.75 Å². The number of hydrogen-bond donors (Lipinski definition) is 3. The Kier molecular flexibility index (Phi) is 10.6. The molecule has 0 atom stereocenters. The fraction of sp³-hybridized carbons (Fsp3) is 0.429. The molecule has 2 aromatic heterocycles. The zero-order valence-corrected chi connectivity index (χ0v) is 22.9. The number of rotatable bonds is 6. The Hall–Kier alpha value is -3.72. The number of nitrogens with zero attached hydrogens (tertiary/aromatic N) is 5. The first kappa shape index (κ1) is 27.9. The van der Waals surface area contributed by atoms with Gasteiger partial charge in [-0.25, -0.2) is 4.98 Å². The van der Waals surface area contributed by atoms with Gasteiger partial charge in [0.25, 0.3) is 0 Å². The lowest BCUT2D eigenvalue weighted by atomic mass is 10.1. The second-order valence-corrected chi connectivity index (χ2v) is 8.50. The van der Waals surface area contributed by atoms with E-state index in [2.05, 4.69) is 55.8 Å². The maximum absolute atomic E-state index is 5.48. The highest BCUT2D eigenvalue weighted by atomic mass is 16.5. The summed E-state index contributed by atoms with van der Waals surface area (Å²) >= 11 is 0. The van der Waals surface area contributed by atoms with Crippen molar-refractivity contribution in [3.8, 4) is 17.1 Å². The van der Waals surface area contributed by atoms with Gasteiger partial charge < -0.3 is 20.3 Å². The van der Waals surface area contributed by atoms with E-state index in [0.29, 0.717) is 18.2 Å². The van der Waals surface area contributed by atoms with Gasteiger partial charge in [0.05, 0.1) is 12.6 Å². The highest BCUT2D eigenvalue weighted by Gasteiger charge is 2.20. The number of ether oxygens (including phenoxy) is 1. The van der Waals surface area contributed by atoms with E-state index in [9.17, 15) is 0 Å². The number of piperazine rings is 1. The molecule has 2 aromatic carbocycles. The van der Waals surface area contributed by atoms with E-state index in [-0.39, 0.29) is 0 Å². The maximum Gasteiger partial charge on any atom is 0.192 e. The van der Waals surface area contributed by atoms with E-state index in [1.54, 1.807) is 7.11 Å². The molecule has 0 bridgehead atoms. The largest absolute Gasteiger partial charge is 0.496 e. The molecule has 9 nitrogen and oxygen atoms in total. The van der Waals surface area contributed by atoms with Crippen molar-refractivity contribution in [2.24, 2.45) is 0 Å². The van der Waals surface area contributed by atoms with E-state index in [1.807, 2.05) is 57.2 Å². The summed E-state index contributed by atoms with van der Waals surface area (Å²) in [6, 6.07) is 14.0.